The number of benzene rings is 22. The molecule has 0 atom stereocenters. The third-order valence-corrected chi connectivity index (χ3v) is 28.0. The standard InChI is InChI=1S/C50H35N3.C46H31N3.C38H27N3/c1-5-15-36(16-6-1)38-25-29-42(30-26-38)52-47-24-14-13-23-45(47)49-50(52)46-35-44(51(40-19-9-3-10-20-40)41-21-11-4-12-22-41)33-34-48(46)53(49)43-31-27-39(28-32-43)37-17-7-2-8-18-37;1-3-17-36(18-4-1)47(37-19-5-2-6-20-37)40-27-28-44-42(31-40)46-45(49(44)39-26-24-33-14-8-10-16-35(33)30-39)41-21-11-12-22-43(41)48(46)38-25-23-32-13-7-9-15-34(32)29-38;1-5-15-28(16-6-1)39(29-17-7-2-8-18-29)32-25-26-36-34(27-32)38-37(41(36)31-21-11-4-12-22-31)33-23-13-14-24-35(33)40(38)30-19-9-3-10-20-30/h1-35H;1-31H;1-27H. The number of rotatable bonds is 17. The lowest BCUT2D eigenvalue weighted by Crippen LogP contribution is -2.09. The lowest BCUT2D eigenvalue weighted by atomic mass is 10.1. The summed E-state index contributed by atoms with van der Waals surface area (Å²) >= 11 is 0. The second-order valence-electron chi connectivity index (χ2n) is 36.3. The van der Waals surface area contributed by atoms with E-state index in [1.807, 2.05) is 0 Å². The number of aromatic nitrogens is 6. The first-order valence-corrected chi connectivity index (χ1v) is 48.9. The largest absolute Gasteiger partial charge is 0.310 e. The average molecular weight is 1830 g/mol. The quantitative estimate of drug-likeness (QED) is 0.0912. The molecule has 0 bridgehead atoms. The van der Waals surface area contributed by atoms with Gasteiger partial charge in [-0.15, -0.1) is 0 Å². The Balaban J connectivity index is 0.000000111. The van der Waals surface area contributed by atoms with Crippen LogP contribution in [0.1, 0.15) is 0 Å². The molecule has 9 heteroatoms. The molecule has 674 valence electrons. The van der Waals surface area contributed by atoms with E-state index in [2.05, 4.69) is 606 Å². The van der Waals surface area contributed by atoms with Crippen molar-refractivity contribution in [3.05, 3.63) is 564 Å². The summed E-state index contributed by atoms with van der Waals surface area (Å²) in [4.78, 5) is 7.03. The van der Waals surface area contributed by atoms with Crippen molar-refractivity contribution < 1.29 is 0 Å². The molecule has 0 fully saturated rings. The van der Waals surface area contributed by atoms with E-state index in [9.17, 15) is 0 Å². The summed E-state index contributed by atoms with van der Waals surface area (Å²) in [6.07, 6.45) is 0. The lowest BCUT2D eigenvalue weighted by molar-refractivity contribution is 1.17. The number of hydrogen-bond donors (Lipinski definition) is 0. The molecule has 0 radical (unpaired) electrons. The first kappa shape index (κ1) is 84.3. The Bertz CT molecular complexity index is 9220. The number of para-hydroxylation sites is 11. The van der Waals surface area contributed by atoms with Crippen LogP contribution in [0.25, 0.3) is 176 Å². The van der Waals surface area contributed by atoms with Gasteiger partial charge in [0.25, 0.3) is 0 Å². The smallest absolute Gasteiger partial charge is 0.0804 e. The molecule has 143 heavy (non-hydrogen) atoms. The van der Waals surface area contributed by atoms with Gasteiger partial charge in [-0.3, -0.25) is 0 Å². The Labute approximate surface area is 828 Å². The van der Waals surface area contributed by atoms with Gasteiger partial charge >= 0.3 is 0 Å². The third-order valence-electron chi connectivity index (χ3n) is 28.0. The van der Waals surface area contributed by atoms with Crippen LogP contribution in [-0.4, -0.2) is 27.4 Å². The highest BCUT2D eigenvalue weighted by molar-refractivity contribution is 6.24. The summed E-state index contributed by atoms with van der Waals surface area (Å²) in [5, 5.41) is 12.2. The summed E-state index contributed by atoms with van der Waals surface area (Å²) in [6.45, 7) is 0. The zero-order valence-electron chi connectivity index (χ0n) is 78.2. The molecule has 6 heterocycles. The van der Waals surface area contributed by atoms with Crippen LogP contribution in [0, 0.1) is 0 Å². The van der Waals surface area contributed by atoms with Crippen molar-refractivity contribution in [1.29, 1.82) is 0 Å². The molecule has 22 aromatic carbocycles. The van der Waals surface area contributed by atoms with Crippen molar-refractivity contribution in [2.75, 3.05) is 14.7 Å². The molecule has 0 unspecified atom stereocenters. The van der Waals surface area contributed by atoms with E-state index in [4.69, 9.17) is 0 Å². The monoisotopic (exact) mass is 1830 g/mol. The zero-order valence-corrected chi connectivity index (χ0v) is 78.2. The highest BCUT2D eigenvalue weighted by Gasteiger charge is 2.30. The minimum atomic E-state index is 1.10. The van der Waals surface area contributed by atoms with Crippen LogP contribution in [0.15, 0.2) is 564 Å². The summed E-state index contributed by atoms with van der Waals surface area (Å²) in [5.74, 6) is 0. The van der Waals surface area contributed by atoms with Gasteiger partial charge < -0.3 is 42.1 Å². The van der Waals surface area contributed by atoms with Crippen LogP contribution >= 0.6 is 0 Å². The molecule has 0 saturated carbocycles. The van der Waals surface area contributed by atoms with E-state index < -0.39 is 0 Å². The highest BCUT2D eigenvalue weighted by atomic mass is 15.2. The normalized spacial score (nSPS) is 11.5. The summed E-state index contributed by atoms with van der Waals surface area (Å²) in [5.41, 5.74) is 36.0. The Morgan fingerprint density at radius 2 is 0.308 bits per heavy atom. The van der Waals surface area contributed by atoms with E-state index in [-0.39, 0.29) is 0 Å². The van der Waals surface area contributed by atoms with Crippen LogP contribution in [0.4, 0.5) is 51.2 Å². The molecule has 0 N–H and O–H groups in total. The van der Waals surface area contributed by atoms with Gasteiger partial charge in [0, 0.05) is 118 Å². The highest BCUT2D eigenvalue weighted by Crippen LogP contribution is 2.50. The van der Waals surface area contributed by atoms with Crippen molar-refractivity contribution in [3.8, 4) is 56.4 Å². The van der Waals surface area contributed by atoms with Gasteiger partial charge in [-0.05, 0) is 262 Å². The molecule has 0 spiro atoms. The van der Waals surface area contributed by atoms with E-state index in [1.54, 1.807) is 0 Å². The Kier molecular flexibility index (Phi) is 21.4. The molecular formula is C134H93N9. The van der Waals surface area contributed by atoms with E-state index in [0.717, 1.165) is 90.8 Å². The van der Waals surface area contributed by atoms with E-state index in [0.29, 0.717) is 0 Å². The third kappa shape index (κ3) is 15.1. The average Bonchev–Trinajstić information content (AvgIpc) is 2.07. The van der Waals surface area contributed by atoms with Gasteiger partial charge in [0.1, 0.15) is 0 Å². The Hall–Kier alpha value is -19.2. The van der Waals surface area contributed by atoms with Crippen molar-refractivity contribution in [2.24, 2.45) is 0 Å². The lowest BCUT2D eigenvalue weighted by Gasteiger charge is -2.25. The minimum Gasteiger partial charge on any atom is -0.310 e. The van der Waals surface area contributed by atoms with Crippen LogP contribution in [-0.2, 0) is 0 Å². The topological polar surface area (TPSA) is 39.3 Å². The van der Waals surface area contributed by atoms with Crippen LogP contribution in [0.3, 0.4) is 0 Å². The maximum absolute atomic E-state index is 2.47. The molecule has 0 aliphatic heterocycles. The molecule has 28 rings (SSSR count). The molecule has 9 nitrogen and oxygen atoms in total. The predicted molar refractivity (Wildman–Crippen MR) is 603 cm³/mol. The zero-order chi connectivity index (χ0) is 94.6. The Morgan fingerprint density at radius 1 is 0.112 bits per heavy atom. The Morgan fingerprint density at radius 3 is 0.587 bits per heavy atom. The van der Waals surface area contributed by atoms with Gasteiger partial charge in [-0.2, -0.15) is 0 Å². The van der Waals surface area contributed by atoms with E-state index >= 15 is 0 Å². The fraction of sp³-hybridized carbons (Fsp3) is 0. The van der Waals surface area contributed by atoms with Gasteiger partial charge in [-0.1, -0.05) is 346 Å². The van der Waals surface area contributed by atoms with Crippen LogP contribution < -0.4 is 14.7 Å². The fourth-order valence-corrected chi connectivity index (χ4v) is 21.7. The van der Waals surface area contributed by atoms with Crippen molar-refractivity contribution in [2.45, 2.75) is 0 Å². The molecule has 0 aliphatic carbocycles. The second kappa shape index (κ2) is 36.4. The maximum atomic E-state index is 2.47. The van der Waals surface area contributed by atoms with Crippen LogP contribution in [0.2, 0.25) is 0 Å². The summed E-state index contributed by atoms with van der Waals surface area (Å²) < 4.78 is 14.7. The van der Waals surface area contributed by atoms with Crippen molar-refractivity contribution in [3.63, 3.8) is 0 Å². The summed E-state index contributed by atoms with van der Waals surface area (Å²) in [6, 6.07) is 202. The molecule has 0 aliphatic rings. The van der Waals surface area contributed by atoms with Gasteiger partial charge in [0.05, 0.1) is 66.2 Å². The molecule has 0 amide bonds. The predicted octanol–water partition coefficient (Wildman–Crippen LogP) is 36.2. The summed E-state index contributed by atoms with van der Waals surface area (Å²) in [7, 11) is 0. The molecule has 0 saturated heterocycles. The van der Waals surface area contributed by atoms with Crippen LogP contribution in [0.5, 0.6) is 0 Å². The van der Waals surface area contributed by atoms with Gasteiger partial charge in [0.15, 0.2) is 0 Å². The number of fused-ring (bicyclic) bond motifs is 17. The van der Waals surface area contributed by atoms with Crippen molar-refractivity contribution >= 4 is 171 Å². The van der Waals surface area contributed by atoms with Gasteiger partial charge in [-0.25, -0.2) is 0 Å². The number of anilines is 9. The van der Waals surface area contributed by atoms with E-state index in [1.165, 1.54) is 137 Å². The first-order valence-electron chi connectivity index (χ1n) is 48.9. The molecule has 28 aromatic rings. The molecular weight excluding hydrogens is 1740 g/mol. The maximum Gasteiger partial charge on any atom is 0.0804 e. The first-order chi connectivity index (χ1) is 71.0. The second-order valence-corrected chi connectivity index (χ2v) is 36.3. The van der Waals surface area contributed by atoms with Gasteiger partial charge in [0.2, 0.25) is 0 Å². The number of hydrogen-bond acceptors (Lipinski definition) is 3. The number of nitrogens with zero attached hydrogens (tertiary/aromatic N) is 9. The SMILES string of the molecule is c1ccc(-c2ccc(-n3c4ccc(N(c5ccccc5)c5ccccc5)cc4c4c3c3ccccc3n4-c3ccc(-c4ccccc4)cc3)cc2)cc1.c1ccc(N(c2ccccc2)c2ccc3c(c2)c2c(c4ccccc4n2-c2ccc4ccccc4c2)n3-c2ccc3ccccc3c2)cc1.c1ccc(N(c2ccccc2)c2ccc3c(c2)c2c(c4ccccc4n2-c2ccccc2)n3-c2ccccc2)cc1. The van der Waals surface area contributed by atoms with Crippen molar-refractivity contribution in [1.82, 2.24) is 27.4 Å². The minimum absolute atomic E-state index is 1.10. The molecule has 6 aromatic heterocycles. The fourth-order valence-electron chi connectivity index (χ4n) is 21.7.